The van der Waals surface area contributed by atoms with E-state index < -0.39 is 0 Å². The first-order valence-corrected chi connectivity index (χ1v) is 6.72. The lowest BCUT2D eigenvalue weighted by molar-refractivity contribution is 0.101. The van der Waals surface area contributed by atoms with Crippen LogP contribution in [0.2, 0.25) is 10.0 Å². The van der Waals surface area contributed by atoms with Gasteiger partial charge in [0.1, 0.15) is 5.75 Å². The molecule has 104 valence electrons. The van der Waals surface area contributed by atoms with Crippen molar-refractivity contribution < 1.29 is 9.53 Å². The summed E-state index contributed by atoms with van der Waals surface area (Å²) in [6.07, 6.45) is 0. The molecule has 3 nitrogen and oxygen atoms in total. The van der Waals surface area contributed by atoms with Gasteiger partial charge in [-0.05, 0) is 36.4 Å². The van der Waals surface area contributed by atoms with Crippen LogP contribution in [0.1, 0.15) is 10.4 Å². The number of rotatable bonds is 5. The van der Waals surface area contributed by atoms with Gasteiger partial charge in [0.2, 0.25) is 0 Å². The average Bonchev–Trinajstić information content (AvgIpc) is 2.46. The van der Waals surface area contributed by atoms with Crippen LogP contribution in [0.3, 0.4) is 0 Å². The molecule has 5 heteroatoms. The molecule has 0 aliphatic rings. The third-order valence-electron chi connectivity index (χ3n) is 2.80. The highest BCUT2D eigenvalue weighted by Gasteiger charge is 2.09. The third-order valence-corrected chi connectivity index (χ3v) is 3.43. The summed E-state index contributed by atoms with van der Waals surface area (Å²) in [6.45, 7) is 0.121. The molecule has 20 heavy (non-hydrogen) atoms. The standard InChI is InChI=1S/C15H13Cl2NO2/c1-20-11-7-5-10(6-8-11)14(19)9-18-15-12(16)3-2-4-13(15)17/h2-8,18H,9H2,1H3. The Morgan fingerprint density at radius 1 is 1.10 bits per heavy atom. The SMILES string of the molecule is COc1ccc(C(=O)CNc2c(Cl)cccc2Cl)cc1. The Labute approximate surface area is 127 Å². The summed E-state index contributed by atoms with van der Waals surface area (Å²) in [6, 6.07) is 12.1. The number of ketones is 1. The van der Waals surface area contributed by atoms with Crippen molar-refractivity contribution in [2.45, 2.75) is 0 Å². The zero-order valence-electron chi connectivity index (χ0n) is 10.8. The van der Waals surface area contributed by atoms with Gasteiger partial charge in [0, 0.05) is 5.56 Å². The van der Waals surface area contributed by atoms with E-state index in [1.807, 2.05) is 0 Å². The Balaban J connectivity index is 2.04. The highest BCUT2D eigenvalue weighted by molar-refractivity contribution is 6.39. The number of nitrogens with one attached hydrogen (secondary N) is 1. The second-order valence-electron chi connectivity index (χ2n) is 4.10. The highest BCUT2D eigenvalue weighted by atomic mass is 35.5. The molecule has 0 saturated carbocycles. The van der Waals surface area contributed by atoms with Crippen LogP contribution >= 0.6 is 23.2 Å². The summed E-state index contributed by atoms with van der Waals surface area (Å²) in [5.74, 6) is 0.660. The molecule has 0 unspecified atom stereocenters. The van der Waals surface area contributed by atoms with Gasteiger partial charge in [0.05, 0.1) is 29.4 Å². The minimum Gasteiger partial charge on any atom is -0.497 e. The Kier molecular flexibility index (Phi) is 4.88. The lowest BCUT2D eigenvalue weighted by atomic mass is 10.1. The van der Waals surface area contributed by atoms with E-state index in [9.17, 15) is 4.79 Å². The van der Waals surface area contributed by atoms with Gasteiger partial charge in [-0.25, -0.2) is 0 Å². The van der Waals surface area contributed by atoms with E-state index in [1.54, 1.807) is 49.6 Å². The molecule has 0 aromatic heterocycles. The Morgan fingerprint density at radius 3 is 2.25 bits per heavy atom. The highest BCUT2D eigenvalue weighted by Crippen LogP contribution is 2.29. The van der Waals surface area contributed by atoms with E-state index in [0.717, 1.165) is 0 Å². The fraction of sp³-hybridized carbons (Fsp3) is 0.133. The second kappa shape index (κ2) is 6.64. The van der Waals surface area contributed by atoms with Crippen molar-refractivity contribution in [3.63, 3.8) is 0 Å². The van der Waals surface area contributed by atoms with Crippen molar-refractivity contribution in [3.05, 3.63) is 58.1 Å². The van der Waals surface area contributed by atoms with E-state index in [-0.39, 0.29) is 12.3 Å². The van der Waals surface area contributed by atoms with Gasteiger partial charge >= 0.3 is 0 Å². The fourth-order valence-corrected chi connectivity index (χ4v) is 2.25. The molecular weight excluding hydrogens is 297 g/mol. The number of methoxy groups -OCH3 is 1. The number of ether oxygens (including phenoxy) is 1. The molecule has 0 aliphatic carbocycles. The van der Waals surface area contributed by atoms with Crippen LogP contribution in [0, 0.1) is 0 Å². The summed E-state index contributed by atoms with van der Waals surface area (Å²) in [5, 5.41) is 3.94. The normalized spacial score (nSPS) is 10.2. The van der Waals surface area contributed by atoms with Crippen molar-refractivity contribution >= 4 is 34.7 Å². The first kappa shape index (κ1) is 14.7. The number of carbonyl (C=O) groups is 1. The van der Waals surface area contributed by atoms with Gasteiger partial charge in [0.25, 0.3) is 0 Å². The van der Waals surface area contributed by atoms with Gasteiger partial charge in [-0.2, -0.15) is 0 Å². The Morgan fingerprint density at radius 2 is 1.70 bits per heavy atom. The summed E-state index contributed by atoms with van der Waals surface area (Å²) < 4.78 is 5.05. The Bertz CT molecular complexity index is 592. The molecule has 0 saturated heterocycles. The molecule has 0 radical (unpaired) electrons. The molecule has 0 atom stereocenters. The number of halogens is 2. The van der Waals surface area contributed by atoms with Crippen molar-refractivity contribution in [1.29, 1.82) is 0 Å². The molecule has 0 fully saturated rings. The maximum absolute atomic E-state index is 12.1. The molecule has 1 N–H and O–H groups in total. The summed E-state index contributed by atoms with van der Waals surface area (Å²) in [7, 11) is 1.58. The van der Waals surface area contributed by atoms with Crippen LogP contribution in [-0.4, -0.2) is 19.4 Å². The topological polar surface area (TPSA) is 38.3 Å². The van der Waals surface area contributed by atoms with Gasteiger partial charge in [0.15, 0.2) is 5.78 Å². The minimum absolute atomic E-state index is 0.0522. The van der Waals surface area contributed by atoms with Crippen molar-refractivity contribution in [2.24, 2.45) is 0 Å². The first-order chi connectivity index (χ1) is 9.61. The fourth-order valence-electron chi connectivity index (χ4n) is 1.71. The van der Waals surface area contributed by atoms with E-state index in [4.69, 9.17) is 27.9 Å². The van der Waals surface area contributed by atoms with Gasteiger partial charge in [-0.1, -0.05) is 29.3 Å². The smallest absolute Gasteiger partial charge is 0.181 e. The van der Waals surface area contributed by atoms with Crippen molar-refractivity contribution in [2.75, 3.05) is 19.0 Å². The quantitative estimate of drug-likeness (QED) is 0.837. The molecule has 0 bridgehead atoms. The molecule has 0 spiro atoms. The molecular formula is C15H13Cl2NO2. The minimum atomic E-state index is -0.0522. The molecule has 2 aromatic rings. The van der Waals surface area contributed by atoms with E-state index in [0.29, 0.717) is 27.0 Å². The summed E-state index contributed by atoms with van der Waals surface area (Å²) in [5.41, 5.74) is 1.17. The van der Waals surface area contributed by atoms with E-state index in [1.165, 1.54) is 0 Å². The Hall–Kier alpha value is -1.71. The lowest BCUT2D eigenvalue weighted by Gasteiger charge is -2.09. The number of Topliss-reactive ketones (excluding diaryl/α,β-unsaturated/α-hetero) is 1. The third kappa shape index (κ3) is 3.44. The monoisotopic (exact) mass is 309 g/mol. The van der Waals surface area contributed by atoms with Crippen LogP contribution in [0.5, 0.6) is 5.75 Å². The zero-order chi connectivity index (χ0) is 14.5. The number of carbonyl (C=O) groups excluding carboxylic acids is 1. The van der Waals surface area contributed by atoms with Crippen molar-refractivity contribution in [1.82, 2.24) is 0 Å². The maximum atomic E-state index is 12.1. The molecule has 0 heterocycles. The lowest BCUT2D eigenvalue weighted by Crippen LogP contribution is -2.14. The van der Waals surface area contributed by atoms with Crippen LogP contribution < -0.4 is 10.1 Å². The first-order valence-electron chi connectivity index (χ1n) is 5.97. The van der Waals surface area contributed by atoms with E-state index >= 15 is 0 Å². The van der Waals surface area contributed by atoms with Crippen LogP contribution in [0.4, 0.5) is 5.69 Å². The number of hydrogen-bond donors (Lipinski definition) is 1. The molecule has 0 aliphatic heterocycles. The van der Waals surface area contributed by atoms with E-state index in [2.05, 4.69) is 5.32 Å². The number of benzene rings is 2. The maximum Gasteiger partial charge on any atom is 0.181 e. The summed E-state index contributed by atoms with van der Waals surface area (Å²) >= 11 is 12.0. The number of para-hydroxylation sites is 1. The van der Waals surface area contributed by atoms with Crippen LogP contribution in [-0.2, 0) is 0 Å². The predicted octanol–water partition coefficient (Wildman–Crippen LogP) is 4.30. The number of anilines is 1. The van der Waals surface area contributed by atoms with Crippen LogP contribution in [0.15, 0.2) is 42.5 Å². The average molecular weight is 310 g/mol. The zero-order valence-corrected chi connectivity index (χ0v) is 12.3. The molecule has 2 aromatic carbocycles. The van der Waals surface area contributed by atoms with Gasteiger partial charge in [-0.3, -0.25) is 4.79 Å². The second-order valence-corrected chi connectivity index (χ2v) is 4.92. The number of hydrogen-bond acceptors (Lipinski definition) is 3. The van der Waals surface area contributed by atoms with Crippen molar-refractivity contribution in [3.8, 4) is 5.75 Å². The van der Waals surface area contributed by atoms with Gasteiger partial charge < -0.3 is 10.1 Å². The molecule has 2 rings (SSSR count). The van der Waals surface area contributed by atoms with Gasteiger partial charge in [-0.15, -0.1) is 0 Å². The predicted molar refractivity (Wildman–Crippen MR) is 82.3 cm³/mol. The largest absolute Gasteiger partial charge is 0.497 e. The van der Waals surface area contributed by atoms with Crippen LogP contribution in [0.25, 0.3) is 0 Å². The summed E-state index contributed by atoms with van der Waals surface area (Å²) in [4.78, 5) is 12.1. The molecule has 0 amide bonds.